The number of rotatable bonds is 35. The normalized spacial score (nSPS) is 11.3. The van der Waals surface area contributed by atoms with Crippen LogP contribution in [0.25, 0.3) is 0 Å². The van der Waals surface area contributed by atoms with Gasteiger partial charge in [0.15, 0.2) is 0 Å². The van der Waals surface area contributed by atoms with E-state index in [1.165, 1.54) is 36.3 Å². The van der Waals surface area contributed by atoms with E-state index in [4.69, 9.17) is 39.2 Å². The maximum Gasteiger partial charge on any atom is 0.408 e. The number of hydrogen-bond donors (Lipinski definition) is 4. The molecule has 0 unspecified atom stereocenters. The summed E-state index contributed by atoms with van der Waals surface area (Å²) in [7, 11) is 0. The number of nitrogens with zero attached hydrogens (tertiary/aromatic N) is 2. The molecule has 2 amide bonds. The number of aliphatic imine (C=N–C) groups is 2. The lowest BCUT2D eigenvalue weighted by atomic mass is 10.8. The number of ether oxygens (including phenoxy) is 2. The smallest absolute Gasteiger partial charge is 0.408 e. The SMILES string of the molecule is O=C(NCSCCSCN=COOCSCCSCOC(=O)NCSCCSCN=COOCCSCCO)OCCSCCO. The van der Waals surface area contributed by atoms with Crippen molar-refractivity contribution < 1.29 is 48.8 Å². The van der Waals surface area contributed by atoms with Gasteiger partial charge in [0.05, 0.1) is 36.7 Å². The van der Waals surface area contributed by atoms with E-state index in [9.17, 15) is 9.59 Å². The Balaban J connectivity index is 3.27. The lowest BCUT2D eigenvalue weighted by molar-refractivity contribution is -0.210. The van der Waals surface area contributed by atoms with Gasteiger partial charge in [0.25, 0.3) is 0 Å². The topological polar surface area (TPSA) is 179 Å². The van der Waals surface area contributed by atoms with Gasteiger partial charge in [-0.15, -0.1) is 70.6 Å². The Labute approximate surface area is 305 Å². The second-order valence-corrected chi connectivity index (χ2v) is 16.4. The number of aliphatic hydroxyl groups excluding tert-OH is 2. The van der Waals surface area contributed by atoms with Crippen LogP contribution in [-0.4, -0.2) is 155 Å². The molecule has 0 atom stereocenters. The van der Waals surface area contributed by atoms with Gasteiger partial charge >= 0.3 is 12.2 Å². The fraction of sp³-hybridized carbons (Fsp3) is 0.833. The van der Waals surface area contributed by atoms with Crippen molar-refractivity contribution in [3.8, 4) is 0 Å². The molecule has 0 aromatic carbocycles. The van der Waals surface area contributed by atoms with E-state index in [1.54, 1.807) is 70.6 Å². The molecule has 0 rings (SSSR count). The monoisotopic (exact) mass is 806 g/mol. The van der Waals surface area contributed by atoms with E-state index >= 15 is 0 Å². The Morgan fingerprint density at radius 3 is 1.65 bits per heavy atom. The molecule has 0 aromatic rings. The first-order valence-corrected chi connectivity index (χ1v) is 23.1. The summed E-state index contributed by atoms with van der Waals surface area (Å²) in [5.41, 5.74) is 0. The number of carbonyl (C=O) groups is 2. The zero-order valence-electron chi connectivity index (χ0n) is 25.6. The molecule has 0 heterocycles. The van der Waals surface area contributed by atoms with Crippen molar-refractivity contribution in [2.24, 2.45) is 9.98 Å². The Morgan fingerprint density at radius 1 is 0.543 bits per heavy atom. The Morgan fingerprint density at radius 2 is 1.04 bits per heavy atom. The molecule has 0 saturated carbocycles. The van der Waals surface area contributed by atoms with Crippen molar-refractivity contribution in [1.29, 1.82) is 0 Å². The van der Waals surface area contributed by atoms with Crippen LogP contribution in [0.5, 0.6) is 0 Å². The number of carbonyl (C=O) groups excluding carboxylic acids is 2. The van der Waals surface area contributed by atoms with E-state index in [0.717, 1.165) is 40.3 Å². The second-order valence-electron chi connectivity index (χ2n) is 7.53. The summed E-state index contributed by atoms with van der Waals surface area (Å²) in [6, 6.07) is 0. The van der Waals surface area contributed by atoms with Crippen molar-refractivity contribution in [3.05, 3.63) is 0 Å². The highest BCUT2D eigenvalue weighted by atomic mass is 32.2. The van der Waals surface area contributed by atoms with Crippen molar-refractivity contribution in [3.63, 3.8) is 0 Å². The van der Waals surface area contributed by atoms with Crippen molar-refractivity contribution in [2.75, 3.05) is 119 Å². The van der Waals surface area contributed by atoms with Gasteiger partial charge in [-0.3, -0.25) is 0 Å². The minimum absolute atomic E-state index is 0.129. The van der Waals surface area contributed by atoms with Gasteiger partial charge in [0.2, 0.25) is 12.8 Å². The molecule has 0 bridgehead atoms. The van der Waals surface area contributed by atoms with Gasteiger partial charge in [-0.25, -0.2) is 19.6 Å². The van der Waals surface area contributed by atoms with Crippen LogP contribution in [-0.2, 0) is 29.0 Å². The molecule has 0 aliphatic carbocycles. The van der Waals surface area contributed by atoms with E-state index in [-0.39, 0.29) is 19.2 Å². The first-order chi connectivity index (χ1) is 22.7. The summed E-state index contributed by atoms with van der Waals surface area (Å²) in [5.74, 6) is 10.6. The molecule has 270 valence electrons. The van der Waals surface area contributed by atoms with E-state index < -0.39 is 12.2 Å². The largest absolute Gasteiger partial charge is 0.449 e. The van der Waals surface area contributed by atoms with E-state index in [1.807, 2.05) is 0 Å². The third-order valence-corrected chi connectivity index (χ3v) is 11.6. The summed E-state index contributed by atoms with van der Waals surface area (Å²) in [6.45, 7) is 1.07. The van der Waals surface area contributed by atoms with Crippen LogP contribution in [0.15, 0.2) is 9.98 Å². The van der Waals surface area contributed by atoms with Crippen LogP contribution in [0.4, 0.5) is 9.59 Å². The van der Waals surface area contributed by atoms with E-state index in [2.05, 4.69) is 20.6 Å². The Kier molecular flexibility index (Phi) is 41.4. The van der Waals surface area contributed by atoms with Crippen LogP contribution < -0.4 is 10.6 Å². The van der Waals surface area contributed by atoms with Crippen LogP contribution >= 0.6 is 94.1 Å². The lowest BCUT2D eigenvalue weighted by Crippen LogP contribution is -2.25. The van der Waals surface area contributed by atoms with E-state index in [0.29, 0.717) is 59.9 Å². The Bertz CT molecular complexity index is 742. The van der Waals surface area contributed by atoms with Crippen LogP contribution in [0.2, 0.25) is 0 Å². The summed E-state index contributed by atoms with van der Waals surface area (Å²) < 4.78 is 10.2. The predicted octanol–water partition coefficient (Wildman–Crippen LogP) is 3.99. The highest BCUT2D eigenvalue weighted by molar-refractivity contribution is 8.03. The number of aliphatic hydroxyl groups is 2. The van der Waals surface area contributed by atoms with Crippen molar-refractivity contribution in [1.82, 2.24) is 10.6 Å². The standard InChI is InChI=1S/C24H46N4O10S8/c29-1-5-39-7-3-33-23(31)27-19-43-11-9-42-18-26-16-37-38-22-46-14-13-45-21-34-24(32)28-20-44-12-10-41-17-25-15-36-35-4-8-40-6-2-30/h15-16,29-30H,1-14,17-22H2,(H,27,31)(H,28,32). The number of thioether (sulfide) groups is 8. The van der Waals surface area contributed by atoms with Gasteiger partial charge < -0.3 is 40.1 Å². The molecular weight excluding hydrogens is 761 g/mol. The molecule has 0 spiro atoms. The molecule has 0 aliphatic heterocycles. The van der Waals surface area contributed by atoms with Crippen LogP contribution in [0.3, 0.4) is 0 Å². The first-order valence-electron chi connectivity index (χ1n) is 13.9. The number of alkyl carbamates (subject to hydrolysis) is 2. The minimum Gasteiger partial charge on any atom is -0.449 e. The number of amides is 2. The molecule has 46 heavy (non-hydrogen) atoms. The van der Waals surface area contributed by atoms with Gasteiger partial charge in [0.1, 0.15) is 25.1 Å². The summed E-state index contributed by atoms with van der Waals surface area (Å²) in [5, 5.41) is 22.7. The third-order valence-electron chi connectivity index (χ3n) is 4.10. The van der Waals surface area contributed by atoms with Crippen LogP contribution in [0, 0.1) is 0 Å². The summed E-state index contributed by atoms with van der Waals surface area (Å²) in [4.78, 5) is 51.0. The molecular formula is C24H46N4O10S8. The first kappa shape index (κ1) is 46.1. The molecule has 0 saturated heterocycles. The van der Waals surface area contributed by atoms with Gasteiger partial charge in [-0.05, 0) is 0 Å². The zero-order chi connectivity index (χ0) is 33.4. The average molecular weight is 807 g/mol. The van der Waals surface area contributed by atoms with Gasteiger partial charge in [-0.1, -0.05) is 0 Å². The molecule has 0 fully saturated rings. The minimum atomic E-state index is -0.430. The average Bonchev–Trinajstić information content (AvgIpc) is 3.05. The second kappa shape index (κ2) is 41.3. The van der Waals surface area contributed by atoms with Gasteiger partial charge in [0, 0.05) is 57.5 Å². The highest BCUT2D eigenvalue weighted by Gasteiger charge is 2.02. The lowest BCUT2D eigenvalue weighted by Gasteiger charge is -2.06. The Hall–Kier alpha value is 0.120. The van der Waals surface area contributed by atoms with Crippen LogP contribution in [0.1, 0.15) is 0 Å². The molecule has 0 aromatic heterocycles. The molecule has 4 N–H and O–H groups in total. The maximum absolute atomic E-state index is 11.7. The van der Waals surface area contributed by atoms with Crippen molar-refractivity contribution >= 4 is 119 Å². The number of nitrogens with one attached hydrogen (secondary N) is 2. The zero-order valence-corrected chi connectivity index (χ0v) is 32.1. The third kappa shape index (κ3) is 40.3. The predicted molar refractivity (Wildman–Crippen MR) is 203 cm³/mol. The number of hydrogen-bond acceptors (Lipinski definition) is 20. The van der Waals surface area contributed by atoms with Gasteiger partial charge in [-0.2, -0.15) is 33.3 Å². The molecule has 14 nitrogen and oxygen atoms in total. The maximum atomic E-state index is 11.7. The summed E-state index contributed by atoms with van der Waals surface area (Å²) >= 11 is 12.7. The fourth-order valence-corrected chi connectivity index (χ4v) is 7.93. The summed E-state index contributed by atoms with van der Waals surface area (Å²) in [6.07, 6.45) is 1.71. The quantitative estimate of drug-likeness (QED) is 0.0180. The molecule has 0 aliphatic rings. The molecule has 22 heteroatoms. The fourth-order valence-electron chi connectivity index (χ4n) is 2.18. The molecule has 0 radical (unpaired) electrons. The van der Waals surface area contributed by atoms with Crippen molar-refractivity contribution in [2.45, 2.75) is 0 Å². The highest BCUT2D eigenvalue weighted by Crippen LogP contribution is 2.09.